The second-order valence-corrected chi connectivity index (χ2v) is 5.01. The first-order valence-electron chi connectivity index (χ1n) is 6.46. The molecule has 0 saturated heterocycles. The molecule has 0 saturated carbocycles. The van der Waals surface area contributed by atoms with Gasteiger partial charge >= 0.3 is 0 Å². The molecule has 1 atom stereocenters. The maximum atomic E-state index is 13.3. The van der Waals surface area contributed by atoms with Crippen LogP contribution >= 0.6 is 0 Å². The maximum absolute atomic E-state index is 13.3. The third-order valence-electron chi connectivity index (χ3n) is 3.31. The molecule has 0 spiro atoms. The molecule has 2 nitrogen and oxygen atoms in total. The van der Waals surface area contributed by atoms with Crippen LogP contribution in [0.3, 0.4) is 0 Å². The molecule has 2 rings (SSSR count). The summed E-state index contributed by atoms with van der Waals surface area (Å²) in [5, 5.41) is 4.30. The van der Waals surface area contributed by atoms with Gasteiger partial charge < -0.3 is 9.73 Å². The Morgan fingerprint density at radius 3 is 2.67 bits per heavy atom. The number of halogens is 1. The molecule has 98 valence electrons. The highest BCUT2D eigenvalue weighted by Crippen LogP contribution is 2.33. The number of furan rings is 1. The Labute approximate surface area is 107 Å². The van der Waals surface area contributed by atoms with Gasteiger partial charge in [-0.05, 0) is 37.6 Å². The van der Waals surface area contributed by atoms with Crippen LogP contribution in [-0.2, 0) is 0 Å². The van der Waals surface area contributed by atoms with Gasteiger partial charge in [-0.25, -0.2) is 4.39 Å². The average molecular weight is 249 g/mol. The largest absolute Gasteiger partial charge is 0.459 e. The Hall–Kier alpha value is -1.35. The molecule has 2 aromatic rings. The van der Waals surface area contributed by atoms with E-state index in [1.54, 1.807) is 12.1 Å². The van der Waals surface area contributed by atoms with E-state index in [1.807, 2.05) is 6.92 Å². The second kappa shape index (κ2) is 5.11. The minimum absolute atomic E-state index is 0.172. The van der Waals surface area contributed by atoms with Gasteiger partial charge in [-0.2, -0.15) is 0 Å². The SMILES string of the molecule is CCNC(c1oc2ccc(F)cc2c1C)C(C)C. The van der Waals surface area contributed by atoms with E-state index in [-0.39, 0.29) is 11.9 Å². The van der Waals surface area contributed by atoms with Crippen LogP contribution in [0.5, 0.6) is 0 Å². The smallest absolute Gasteiger partial charge is 0.134 e. The van der Waals surface area contributed by atoms with E-state index < -0.39 is 0 Å². The highest BCUT2D eigenvalue weighted by molar-refractivity contribution is 5.82. The minimum Gasteiger partial charge on any atom is -0.459 e. The topological polar surface area (TPSA) is 25.2 Å². The molecule has 1 unspecified atom stereocenters. The normalized spacial score (nSPS) is 13.4. The molecule has 1 N–H and O–H groups in total. The van der Waals surface area contributed by atoms with Gasteiger partial charge in [-0.15, -0.1) is 0 Å². The zero-order valence-corrected chi connectivity index (χ0v) is 11.4. The van der Waals surface area contributed by atoms with E-state index in [9.17, 15) is 4.39 Å². The first-order valence-corrected chi connectivity index (χ1v) is 6.46. The molecule has 0 aliphatic carbocycles. The fraction of sp³-hybridized carbons (Fsp3) is 0.467. The summed E-state index contributed by atoms with van der Waals surface area (Å²) in [6.45, 7) is 9.26. The molecule has 1 aromatic carbocycles. The van der Waals surface area contributed by atoms with E-state index in [4.69, 9.17) is 4.42 Å². The average Bonchev–Trinajstić information content (AvgIpc) is 2.63. The van der Waals surface area contributed by atoms with Crippen molar-refractivity contribution in [2.45, 2.75) is 33.7 Å². The van der Waals surface area contributed by atoms with Crippen LogP contribution in [0.25, 0.3) is 11.0 Å². The van der Waals surface area contributed by atoms with E-state index in [0.717, 1.165) is 28.8 Å². The van der Waals surface area contributed by atoms with Crippen molar-refractivity contribution in [2.24, 2.45) is 5.92 Å². The first-order chi connectivity index (χ1) is 8.54. The number of aryl methyl sites for hydroxylation is 1. The third-order valence-corrected chi connectivity index (χ3v) is 3.31. The summed E-state index contributed by atoms with van der Waals surface area (Å²) in [5.74, 6) is 1.13. The summed E-state index contributed by atoms with van der Waals surface area (Å²) in [7, 11) is 0. The van der Waals surface area contributed by atoms with Crippen LogP contribution in [-0.4, -0.2) is 6.54 Å². The Morgan fingerprint density at radius 2 is 2.06 bits per heavy atom. The van der Waals surface area contributed by atoms with E-state index in [0.29, 0.717) is 5.92 Å². The molecule has 0 radical (unpaired) electrons. The fourth-order valence-corrected chi connectivity index (χ4v) is 2.36. The van der Waals surface area contributed by atoms with Crippen molar-refractivity contribution in [3.8, 4) is 0 Å². The van der Waals surface area contributed by atoms with Gasteiger partial charge in [0.2, 0.25) is 0 Å². The zero-order valence-electron chi connectivity index (χ0n) is 11.4. The molecular weight excluding hydrogens is 229 g/mol. The molecular formula is C15H20FNO. The van der Waals surface area contributed by atoms with Crippen LogP contribution < -0.4 is 5.32 Å². The monoisotopic (exact) mass is 249 g/mol. The van der Waals surface area contributed by atoms with Crippen molar-refractivity contribution in [2.75, 3.05) is 6.54 Å². The van der Waals surface area contributed by atoms with Crippen LogP contribution in [0.1, 0.15) is 38.1 Å². The summed E-state index contributed by atoms with van der Waals surface area (Å²) in [6, 6.07) is 4.85. The van der Waals surface area contributed by atoms with Crippen LogP contribution in [0.4, 0.5) is 4.39 Å². The van der Waals surface area contributed by atoms with Gasteiger partial charge in [-0.3, -0.25) is 0 Å². The lowest BCUT2D eigenvalue weighted by Crippen LogP contribution is -2.25. The predicted molar refractivity (Wildman–Crippen MR) is 72.2 cm³/mol. The second-order valence-electron chi connectivity index (χ2n) is 5.01. The van der Waals surface area contributed by atoms with Crippen molar-refractivity contribution in [1.29, 1.82) is 0 Å². The molecule has 3 heteroatoms. The van der Waals surface area contributed by atoms with Gasteiger partial charge in [0.05, 0.1) is 6.04 Å². The fourth-order valence-electron chi connectivity index (χ4n) is 2.36. The van der Waals surface area contributed by atoms with Gasteiger partial charge in [-0.1, -0.05) is 20.8 Å². The Kier molecular flexibility index (Phi) is 3.71. The first kappa shape index (κ1) is 13.1. The number of hydrogen-bond acceptors (Lipinski definition) is 2. The van der Waals surface area contributed by atoms with Gasteiger partial charge in [0.1, 0.15) is 17.2 Å². The molecule has 0 aliphatic heterocycles. The maximum Gasteiger partial charge on any atom is 0.134 e. The summed E-state index contributed by atoms with van der Waals surface area (Å²) in [6.07, 6.45) is 0. The molecule has 0 fully saturated rings. The van der Waals surface area contributed by atoms with Gasteiger partial charge in [0.15, 0.2) is 0 Å². The molecule has 0 amide bonds. The van der Waals surface area contributed by atoms with Crippen LogP contribution in [0, 0.1) is 18.7 Å². The molecule has 0 bridgehead atoms. The van der Waals surface area contributed by atoms with Crippen LogP contribution in [0.15, 0.2) is 22.6 Å². The Balaban J connectivity index is 2.53. The van der Waals surface area contributed by atoms with Crippen molar-refractivity contribution in [3.05, 3.63) is 35.3 Å². The number of rotatable bonds is 4. The molecule has 0 aliphatic rings. The summed E-state index contributed by atoms with van der Waals surface area (Å²) >= 11 is 0. The quantitative estimate of drug-likeness (QED) is 0.879. The standard InChI is InChI=1S/C15H20FNO/c1-5-17-14(9(2)3)15-10(4)12-8-11(16)6-7-13(12)18-15/h6-9,14,17H,5H2,1-4H3. The van der Waals surface area contributed by atoms with Crippen molar-refractivity contribution in [1.82, 2.24) is 5.32 Å². The Bertz CT molecular complexity index is 545. The zero-order chi connectivity index (χ0) is 13.3. The summed E-state index contributed by atoms with van der Waals surface area (Å²) in [5.41, 5.74) is 1.79. The lowest BCUT2D eigenvalue weighted by Gasteiger charge is -2.20. The lowest BCUT2D eigenvalue weighted by atomic mass is 9.98. The molecule has 1 aromatic heterocycles. The number of benzene rings is 1. The highest BCUT2D eigenvalue weighted by atomic mass is 19.1. The predicted octanol–water partition coefficient (Wildman–Crippen LogP) is 4.19. The number of fused-ring (bicyclic) bond motifs is 1. The van der Waals surface area contributed by atoms with E-state index in [2.05, 4.69) is 26.1 Å². The summed E-state index contributed by atoms with van der Waals surface area (Å²) < 4.78 is 19.2. The number of hydrogen-bond donors (Lipinski definition) is 1. The van der Waals surface area contributed by atoms with Gasteiger partial charge in [0, 0.05) is 10.9 Å². The third kappa shape index (κ3) is 2.27. The van der Waals surface area contributed by atoms with Crippen molar-refractivity contribution < 1.29 is 8.81 Å². The number of nitrogens with one attached hydrogen (secondary N) is 1. The van der Waals surface area contributed by atoms with E-state index >= 15 is 0 Å². The van der Waals surface area contributed by atoms with E-state index in [1.165, 1.54) is 6.07 Å². The van der Waals surface area contributed by atoms with Crippen molar-refractivity contribution >= 4 is 11.0 Å². The minimum atomic E-state index is -0.220. The van der Waals surface area contributed by atoms with Gasteiger partial charge in [0.25, 0.3) is 0 Å². The van der Waals surface area contributed by atoms with Crippen LogP contribution in [0.2, 0.25) is 0 Å². The Morgan fingerprint density at radius 1 is 1.33 bits per heavy atom. The summed E-state index contributed by atoms with van der Waals surface area (Å²) in [4.78, 5) is 0. The molecule has 1 heterocycles. The molecule has 18 heavy (non-hydrogen) atoms. The van der Waals surface area contributed by atoms with Crippen molar-refractivity contribution in [3.63, 3.8) is 0 Å². The highest BCUT2D eigenvalue weighted by Gasteiger charge is 2.22. The lowest BCUT2D eigenvalue weighted by molar-refractivity contribution is 0.354.